The van der Waals surface area contributed by atoms with Crippen molar-refractivity contribution in [2.45, 2.75) is 31.2 Å². The Morgan fingerprint density at radius 2 is 2.00 bits per heavy atom. The van der Waals surface area contributed by atoms with E-state index in [-0.39, 0.29) is 24.2 Å². The van der Waals surface area contributed by atoms with E-state index >= 15 is 0 Å². The van der Waals surface area contributed by atoms with E-state index in [1.807, 2.05) is 18.2 Å². The van der Waals surface area contributed by atoms with Crippen LogP contribution in [0.1, 0.15) is 51.8 Å². The highest BCUT2D eigenvalue weighted by Crippen LogP contribution is 2.40. The molecule has 2 aromatic rings. The van der Waals surface area contributed by atoms with Crippen LogP contribution in [0.2, 0.25) is 0 Å². The molecule has 6 nitrogen and oxygen atoms in total. The standard InChI is InChI=1S/C19H20N2O4/c22-17(13-4-2-1-3-5-13)10-15-12-24-9-8-21(15)19(23)16-11-18(25-20-16)14-6-7-14/h1-5,11,14-15H,6-10,12H2/t15-/m1/s1. The van der Waals surface area contributed by atoms with E-state index in [0.717, 1.165) is 18.6 Å². The second kappa shape index (κ2) is 6.80. The van der Waals surface area contributed by atoms with Gasteiger partial charge in [-0.3, -0.25) is 9.59 Å². The van der Waals surface area contributed by atoms with Crippen molar-refractivity contribution in [1.29, 1.82) is 0 Å². The highest BCUT2D eigenvalue weighted by molar-refractivity contribution is 5.97. The van der Waals surface area contributed by atoms with E-state index in [2.05, 4.69) is 5.16 Å². The molecule has 25 heavy (non-hydrogen) atoms. The number of Topliss-reactive ketones (excluding diaryl/α,β-unsaturated/α-hetero) is 1. The van der Waals surface area contributed by atoms with Crippen LogP contribution in [0.25, 0.3) is 0 Å². The van der Waals surface area contributed by atoms with Crippen LogP contribution in [0.4, 0.5) is 0 Å². The lowest BCUT2D eigenvalue weighted by atomic mass is 10.0. The number of nitrogens with zero attached hydrogens (tertiary/aromatic N) is 2. The maximum absolute atomic E-state index is 12.8. The van der Waals surface area contributed by atoms with Crippen molar-refractivity contribution >= 4 is 11.7 Å². The molecular formula is C19H20N2O4. The molecule has 1 saturated carbocycles. The zero-order valence-corrected chi connectivity index (χ0v) is 13.9. The quantitative estimate of drug-likeness (QED) is 0.783. The number of morpholine rings is 1. The summed E-state index contributed by atoms with van der Waals surface area (Å²) < 4.78 is 10.8. The van der Waals surface area contributed by atoms with Gasteiger partial charge in [-0.25, -0.2) is 0 Å². The highest BCUT2D eigenvalue weighted by Gasteiger charge is 2.33. The molecule has 2 aliphatic rings. The summed E-state index contributed by atoms with van der Waals surface area (Å²) in [6.07, 6.45) is 2.42. The molecule has 4 rings (SSSR count). The molecule has 0 radical (unpaired) electrons. The Morgan fingerprint density at radius 3 is 2.76 bits per heavy atom. The van der Waals surface area contributed by atoms with Gasteiger partial charge in [0.2, 0.25) is 0 Å². The summed E-state index contributed by atoms with van der Waals surface area (Å²) in [5, 5.41) is 3.93. The molecule has 130 valence electrons. The number of benzene rings is 1. The Bertz CT molecular complexity index is 767. The van der Waals surface area contributed by atoms with Gasteiger partial charge in [-0.15, -0.1) is 0 Å². The van der Waals surface area contributed by atoms with Crippen LogP contribution >= 0.6 is 0 Å². The monoisotopic (exact) mass is 340 g/mol. The highest BCUT2D eigenvalue weighted by atomic mass is 16.5. The molecule has 0 N–H and O–H groups in total. The Balaban J connectivity index is 1.48. The zero-order chi connectivity index (χ0) is 17.2. The number of aromatic nitrogens is 1. The number of hydrogen-bond donors (Lipinski definition) is 0. The normalized spacial score (nSPS) is 20.5. The minimum Gasteiger partial charge on any atom is -0.377 e. The predicted octanol–water partition coefficient (Wildman–Crippen LogP) is 2.67. The van der Waals surface area contributed by atoms with Crippen molar-refractivity contribution in [3.8, 4) is 0 Å². The summed E-state index contributed by atoms with van der Waals surface area (Å²) in [5.74, 6) is 1.01. The number of carbonyl (C=O) groups is 2. The van der Waals surface area contributed by atoms with Gasteiger partial charge >= 0.3 is 0 Å². The van der Waals surface area contributed by atoms with E-state index < -0.39 is 0 Å². The average molecular weight is 340 g/mol. The lowest BCUT2D eigenvalue weighted by Gasteiger charge is -2.34. The van der Waals surface area contributed by atoms with Crippen LogP contribution in [0.5, 0.6) is 0 Å². The number of hydrogen-bond acceptors (Lipinski definition) is 5. The van der Waals surface area contributed by atoms with Gasteiger partial charge in [-0.1, -0.05) is 35.5 Å². The predicted molar refractivity (Wildman–Crippen MR) is 89.5 cm³/mol. The van der Waals surface area contributed by atoms with Gasteiger partial charge in [-0.05, 0) is 12.8 Å². The molecule has 1 aromatic heterocycles. The van der Waals surface area contributed by atoms with Gasteiger partial charge in [0.15, 0.2) is 11.5 Å². The van der Waals surface area contributed by atoms with Crippen molar-refractivity contribution in [3.63, 3.8) is 0 Å². The van der Waals surface area contributed by atoms with E-state index in [9.17, 15) is 9.59 Å². The molecule has 6 heteroatoms. The second-order valence-corrected chi connectivity index (χ2v) is 6.61. The van der Waals surface area contributed by atoms with Gasteiger partial charge in [0, 0.05) is 30.5 Å². The lowest BCUT2D eigenvalue weighted by Crippen LogP contribution is -2.49. The van der Waals surface area contributed by atoms with E-state index in [1.165, 1.54) is 0 Å². The van der Waals surface area contributed by atoms with Crippen LogP contribution in [-0.4, -0.2) is 47.5 Å². The minimum atomic E-state index is -0.282. The number of amides is 1. The van der Waals surface area contributed by atoms with Crippen LogP contribution < -0.4 is 0 Å². The van der Waals surface area contributed by atoms with E-state index in [1.54, 1.807) is 23.1 Å². The number of ketones is 1. The maximum Gasteiger partial charge on any atom is 0.276 e. The molecule has 0 spiro atoms. The first kappa shape index (κ1) is 16.0. The fourth-order valence-corrected chi connectivity index (χ4v) is 3.14. The zero-order valence-electron chi connectivity index (χ0n) is 13.9. The van der Waals surface area contributed by atoms with Gasteiger partial charge in [0.1, 0.15) is 5.76 Å². The maximum atomic E-state index is 12.8. The lowest BCUT2D eigenvalue weighted by molar-refractivity contribution is -0.00329. The second-order valence-electron chi connectivity index (χ2n) is 6.61. The third-order valence-corrected chi connectivity index (χ3v) is 4.73. The van der Waals surface area contributed by atoms with Gasteiger partial charge in [-0.2, -0.15) is 0 Å². The molecule has 2 fully saturated rings. The van der Waals surface area contributed by atoms with Crippen molar-refractivity contribution < 1.29 is 18.8 Å². The fraction of sp³-hybridized carbons (Fsp3) is 0.421. The molecule has 2 heterocycles. The van der Waals surface area contributed by atoms with Gasteiger partial charge < -0.3 is 14.2 Å². The third-order valence-electron chi connectivity index (χ3n) is 4.73. The number of carbonyl (C=O) groups excluding carboxylic acids is 2. The Labute approximate surface area is 145 Å². The average Bonchev–Trinajstić information content (AvgIpc) is 3.39. The molecule has 1 amide bonds. The Kier molecular flexibility index (Phi) is 4.36. The summed E-state index contributed by atoms with van der Waals surface area (Å²) in [5.41, 5.74) is 0.971. The number of rotatable bonds is 5. The van der Waals surface area contributed by atoms with Crippen LogP contribution in [0.15, 0.2) is 40.9 Å². The Hall–Kier alpha value is -2.47. The first-order chi connectivity index (χ1) is 12.2. The topological polar surface area (TPSA) is 72.6 Å². The molecule has 1 aliphatic carbocycles. The smallest absolute Gasteiger partial charge is 0.276 e. The van der Waals surface area contributed by atoms with Gasteiger partial charge in [0.25, 0.3) is 5.91 Å². The largest absolute Gasteiger partial charge is 0.377 e. The first-order valence-corrected chi connectivity index (χ1v) is 8.66. The molecule has 1 saturated heterocycles. The molecule has 1 aromatic carbocycles. The molecule has 1 aliphatic heterocycles. The fourth-order valence-electron chi connectivity index (χ4n) is 3.14. The Morgan fingerprint density at radius 1 is 1.20 bits per heavy atom. The van der Waals surface area contributed by atoms with Crippen molar-refractivity contribution in [2.75, 3.05) is 19.8 Å². The van der Waals surface area contributed by atoms with Crippen LogP contribution in [0.3, 0.4) is 0 Å². The summed E-state index contributed by atoms with van der Waals surface area (Å²) >= 11 is 0. The molecule has 1 atom stereocenters. The van der Waals surface area contributed by atoms with Crippen molar-refractivity contribution in [2.24, 2.45) is 0 Å². The van der Waals surface area contributed by atoms with E-state index in [4.69, 9.17) is 9.26 Å². The van der Waals surface area contributed by atoms with E-state index in [0.29, 0.717) is 36.9 Å². The van der Waals surface area contributed by atoms with Crippen LogP contribution in [-0.2, 0) is 4.74 Å². The summed E-state index contributed by atoms with van der Waals surface area (Å²) in [7, 11) is 0. The van der Waals surface area contributed by atoms with Crippen molar-refractivity contribution in [3.05, 3.63) is 53.4 Å². The number of ether oxygens (including phenoxy) is 1. The SMILES string of the molecule is O=C(C[C@@H]1COCCN1C(=O)c1cc(C2CC2)on1)c1ccccc1. The summed E-state index contributed by atoms with van der Waals surface area (Å²) in [6, 6.07) is 10.6. The third kappa shape index (κ3) is 3.49. The summed E-state index contributed by atoms with van der Waals surface area (Å²) in [4.78, 5) is 27.0. The first-order valence-electron chi connectivity index (χ1n) is 8.66. The molecule has 0 bridgehead atoms. The molecule has 0 unspecified atom stereocenters. The van der Waals surface area contributed by atoms with Crippen molar-refractivity contribution in [1.82, 2.24) is 10.1 Å². The summed E-state index contributed by atoms with van der Waals surface area (Å²) in [6.45, 7) is 1.28. The van der Waals surface area contributed by atoms with Crippen LogP contribution in [0, 0.1) is 0 Å². The van der Waals surface area contributed by atoms with Gasteiger partial charge in [0.05, 0.1) is 19.3 Å². The minimum absolute atomic E-state index is 0.00715. The molecular weight excluding hydrogens is 320 g/mol.